The summed E-state index contributed by atoms with van der Waals surface area (Å²) in [6.45, 7) is 1.73. The summed E-state index contributed by atoms with van der Waals surface area (Å²) in [6, 6.07) is 9.11. The van der Waals surface area contributed by atoms with Crippen molar-refractivity contribution in [2.45, 2.75) is 38.0 Å². The van der Waals surface area contributed by atoms with Gasteiger partial charge in [-0.05, 0) is 6.42 Å². The summed E-state index contributed by atoms with van der Waals surface area (Å²) < 4.78 is 7.74. The number of piperidine rings is 1. The van der Waals surface area contributed by atoms with Crippen LogP contribution in [0.5, 0.6) is 0 Å². The van der Waals surface area contributed by atoms with Crippen LogP contribution in [0.4, 0.5) is 0 Å². The van der Waals surface area contributed by atoms with Gasteiger partial charge in [-0.1, -0.05) is 35.5 Å². The lowest BCUT2D eigenvalue weighted by molar-refractivity contribution is -0.138. The average Bonchev–Trinajstić information content (AvgIpc) is 3.15. The maximum absolute atomic E-state index is 12.5. The summed E-state index contributed by atoms with van der Waals surface area (Å²) >= 11 is 0. The summed E-state index contributed by atoms with van der Waals surface area (Å²) in [5, 5.41) is 8.09. The maximum atomic E-state index is 12.5. The van der Waals surface area contributed by atoms with Crippen molar-refractivity contribution in [2.24, 2.45) is 0 Å². The number of fused-ring (bicyclic) bond motifs is 3. The van der Waals surface area contributed by atoms with E-state index in [-0.39, 0.29) is 36.7 Å². The highest BCUT2D eigenvalue weighted by atomic mass is 16.5. The van der Waals surface area contributed by atoms with Crippen LogP contribution in [0.1, 0.15) is 41.4 Å². The van der Waals surface area contributed by atoms with Crippen LogP contribution >= 0.6 is 0 Å². The van der Waals surface area contributed by atoms with Gasteiger partial charge in [0.05, 0.1) is 30.6 Å². The number of carbonyl (C=O) groups excluding carboxylic acids is 2. The second-order valence-corrected chi connectivity index (χ2v) is 6.50. The smallest absolute Gasteiger partial charge is 0.223 e. The number of hydrogen-bond acceptors (Lipinski definition) is 5. The van der Waals surface area contributed by atoms with Crippen molar-refractivity contribution < 1.29 is 14.3 Å². The highest BCUT2D eigenvalue weighted by Gasteiger charge is 2.37. The number of ether oxygens (including phenoxy) is 1. The molecule has 0 saturated carbocycles. The van der Waals surface area contributed by atoms with Gasteiger partial charge >= 0.3 is 0 Å². The van der Waals surface area contributed by atoms with Gasteiger partial charge in [-0.2, -0.15) is 0 Å². The molecule has 7 heteroatoms. The summed E-state index contributed by atoms with van der Waals surface area (Å²) in [5.41, 5.74) is 1.59. The van der Waals surface area contributed by atoms with E-state index in [0.29, 0.717) is 25.3 Å². The first-order valence-electron chi connectivity index (χ1n) is 8.59. The Morgan fingerprint density at radius 1 is 1.20 bits per heavy atom. The monoisotopic (exact) mass is 340 g/mol. The molecule has 0 radical (unpaired) electrons. The van der Waals surface area contributed by atoms with Crippen molar-refractivity contribution in [3.63, 3.8) is 0 Å². The Labute approximate surface area is 145 Å². The van der Waals surface area contributed by atoms with Gasteiger partial charge < -0.3 is 9.64 Å². The number of carbonyl (C=O) groups is 2. The molecule has 0 bridgehead atoms. The second kappa shape index (κ2) is 6.76. The number of likely N-dealkylation sites (tertiary alicyclic amines) is 1. The minimum absolute atomic E-state index is 0.00315. The van der Waals surface area contributed by atoms with Gasteiger partial charge in [0.15, 0.2) is 5.78 Å². The number of rotatable bonds is 4. The van der Waals surface area contributed by atoms with Crippen LogP contribution in [-0.2, 0) is 16.1 Å². The van der Waals surface area contributed by atoms with Gasteiger partial charge in [0.2, 0.25) is 5.91 Å². The van der Waals surface area contributed by atoms with Crippen LogP contribution in [0.15, 0.2) is 36.5 Å². The predicted octanol–water partition coefficient (Wildman–Crippen LogP) is 1.61. The van der Waals surface area contributed by atoms with Crippen molar-refractivity contribution >= 4 is 11.7 Å². The van der Waals surface area contributed by atoms with Crippen LogP contribution in [0, 0.1) is 0 Å². The van der Waals surface area contributed by atoms with Gasteiger partial charge in [-0.25, -0.2) is 4.68 Å². The molecule has 7 nitrogen and oxygen atoms in total. The lowest BCUT2D eigenvalue weighted by Crippen LogP contribution is -2.49. The molecule has 1 aromatic heterocycles. The number of nitrogens with zero attached hydrogens (tertiary/aromatic N) is 4. The summed E-state index contributed by atoms with van der Waals surface area (Å²) in [4.78, 5) is 26.5. The maximum Gasteiger partial charge on any atom is 0.223 e. The van der Waals surface area contributed by atoms with Gasteiger partial charge in [0.1, 0.15) is 0 Å². The molecule has 2 aromatic rings. The number of hydrogen-bond donors (Lipinski definition) is 0. The molecule has 0 aliphatic carbocycles. The predicted molar refractivity (Wildman–Crippen MR) is 88.8 cm³/mol. The van der Waals surface area contributed by atoms with Crippen molar-refractivity contribution in [1.82, 2.24) is 19.9 Å². The van der Waals surface area contributed by atoms with Gasteiger partial charge in [0, 0.05) is 31.5 Å². The van der Waals surface area contributed by atoms with Crippen molar-refractivity contribution in [3.05, 3.63) is 47.8 Å². The zero-order chi connectivity index (χ0) is 17.2. The highest BCUT2D eigenvalue weighted by molar-refractivity contribution is 5.97. The molecule has 2 aliphatic heterocycles. The fraction of sp³-hybridized carbons (Fsp3) is 0.444. The van der Waals surface area contributed by atoms with Gasteiger partial charge in [0.25, 0.3) is 0 Å². The minimum atomic E-state index is 0.00315. The molecule has 0 N–H and O–H groups in total. The molecule has 3 heterocycles. The molecule has 0 unspecified atom stereocenters. The fourth-order valence-corrected chi connectivity index (χ4v) is 3.55. The number of ketones is 1. The Balaban J connectivity index is 1.37. The number of benzene rings is 1. The van der Waals surface area contributed by atoms with E-state index in [4.69, 9.17) is 4.74 Å². The highest BCUT2D eigenvalue weighted by Crippen LogP contribution is 2.30. The normalized spacial score (nSPS) is 22.2. The van der Waals surface area contributed by atoms with Crippen molar-refractivity contribution in [2.75, 3.05) is 13.1 Å². The largest absolute Gasteiger partial charge is 0.370 e. The molecule has 1 amide bonds. The average molecular weight is 340 g/mol. The molecule has 0 spiro atoms. The third-order valence-corrected chi connectivity index (χ3v) is 4.94. The van der Waals surface area contributed by atoms with E-state index in [1.807, 2.05) is 27.8 Å². The lowest BCUT2D eigenvalue weighted by atomic mass is 9.99. The minimum Gasteiger partial charge on any atom is -0.370 e. The molecule has 25 heavy (non-hydrogen) atoms. The van der Waals surface area contributed by atoms with E-state index in [2.05, 4.69) is 10.3 Å². The van der Waals surface area contributed by atoms with Crippen LogP contribution in [0.2, 0.25) is 0 Å². The van der Waals surface area contributed by atoms with Crippen molar-refractivity contribution in [3.8, 4) is 0 Å². The summed E-state index contributed by atoms with van der Waals surface area (Å²) in [6.07, 6.45) is 3.02. The quantitative estimate of drug-likeness (QED) is 0.790. The Morgan fingerprint density at radius 3 is 2.88 bits per heavy atom. The van der Waals surface area contributed by atoms with E-state index in [1.54, 1.807) is 18.3 Å². The Kier molecular flexibility index (Phi) is 4.31. The second-order valence-electron chi connectivity index (χ2n) is 6.50. The number of amides is 1. The van der Waals surface area contributed by atoms with Gasteiger partial charge in [-0.3, -0.25) is 9.59 Å². The summed E-state index contributed by atoms with van der Waals surface area (Å²) in [5.74, 6) is 0.0124. The van der Waals surface area contributed by atoms with Gasteiger partial charge in [-0.15, -0.1) is 5.10 Å². The van der Waals surface area contributed by atoms with Crippen LogP contribution in [0.3, 0.4) is 0 Å². The molecular formula is C18H20N4O3. The Bertz CT molecular complexity index is 774. The first kappa shape index (κ1) is 16.0. The molecule has 1 aromatic carbocycles. The summed E-state index contributed by atoms with van der Waals surface area (Å²) in [7, 11) is 0. The van der Waals surface area contributed by atoms with E-state index >= 15 is 0 Å². The third kappa shape index (κ3) is 3.19. The van der Waals surface area contributed by atoms with E-state index in [1.165, 1.54) is 0 Å². The van der Waals surface area contributed by atoms with E-state index in [9.17, 15) is 9.59 Å². The molecule has 130 valence electrons. The van der Waals surface area contributed by atoms with E-state index < -0.39 is 0 Å². The molecule has 2 atom stereocenters. The zero-order valence-corrected chi connectivity index (χ0v) is 13.9. The lowest BCUT2D eigenvalue weighted by Gasteiger charge is -2.41. The molecular weight excluding hydrogens is 320 g/mol. The number of aromatic nitrogens is 3. The Morgan fingerprint density at radius 2 is 2.04 bits per heavy atom. The number of Topliss-reactive ketones (excluding diaryl/α,β-unsaturated/α-hetero) is 1. The molecule has 1 saturated heterocycles. The Hall–Kier alpha value is -2.54. The first-order chi connectivity index (χ1) is 12.2. The SMILES string of the molecule is O=C(CCC(=O)N1CC[C@H]2OCc3cnnn3[C@H]2C1)c1ccccc1. The molecule has 2 aliphatic rings. The topological polar surface area (TPSA) is 77.3 Å². The van der Waals surface area contributed by atoms with Crippen LogP contribution in [-0.4, -0.2) is 50.8 Å². The molecule has 4 rings (SSSR count). The standard InChI is InChI=1S/C18H20N4O3/c23-16(13-4-2-1-3-5-13)6-7-18(24)21-9-8-17-15(11-21)22-14(12-25-17)10-19-20-22/h1-5,10,15,17H,6-9,11-12H2/t15-,17+/m0/s1. The van der Waals surface area contributed by atoms with Crippen LogP contribution in [0.25, 0.3) is 0 Å². The van der Waals surface area contributed by atoms with Crippen LogP contribution < -0.4 is 0 Å². The fourth-order valence-electron chi connectivity index (χ4n) is 3.55. The molecule has 1 fully saturated rings. The third-order valence-electron chi connectivity index (χ3n) is 4.94. The van der Waals surface area contributed by atoms with Crippen molar-refractivity contribution in [1.29, 1.82) is 0 Å². The van der Waals surface area contributed by atoms with E-state index in [0.717, 1.165) is 12.1 Å². The zero-order valence-electron chi connectivity index (χ0n) is 13.9. The first-order valence-corrected chi connectivity index (χ1v) is 8.59.